The smallest absolute Gasteiger partial charge is 0.261 e. The van der Waals surface area contributed by atoms with Crippen molar-refractivity contribution in [3.63, 3.8) is 0 Å². The van der Waals surface area contributed by atoms with Gasteiger partial charge in [0.25, 0.3) is 10.0 Å². The van der Waals surface area contributed by atoms with Crippen LogP contribution >= 0.6 is 0 Å². The van der Waals surface area contributed by atoms with E-state index in [2.05, 4.69) is 16.9 Å². The number of anilines is 1. The lowest BCUT2D eigenvalue weighted by Crippen LogP contribution is -2.14. The monoisotopic (exact) mass is 349 g/mol. The van der Waals surface area contributed by atoms with Crippen LogP contribution in [0.2, 0.25) is 0 Å². The van der Waals surface area contributed by atoms with Gasteiger partial charge in [-0.25, -0.2) is 8.42 Å². The molecule has 0 heterocycles. The van der Waals surface area contributed by atoms with Gasteiger partial charge in [0.05, 0.1) is 10.6 Å². The van der Waals surface area contributed by atoms with Gasteiger partial charge in [-0.05, 0) is 71.8 Å². The van der Waals surface area contributed by atoms with Crippen LogP contribution in [0.5, 0.6) is 0 Å². The summed E-state index contributed by atoms with van der Waals surface area (Å²) in [5, 5.41) is 0. The second kappa shape index (κ2) is 5.74. The van der Waals surface area contributed by atoms with E-state index >= 15 is 0 Å². The molecule has 126 valence electrons. The van der Waals surface area contributed by atoms with Crippen molar-refractivity contribution in [2.24, 2.45) is 0 Å². The summed E-state index contributed by atoms with van der Waals surface area (Å²) in [4.78, 5) is 0.306. The molecule has 0 aromatic heterocycles. The predicted octanol–water partition coefficient (Wildman–Crippen LogP) is 4.68. The minimum Gasteiger partial charge on any atom is -0.279 e. The average molecular weight is 349 g/mol. The van der Waals surface area contributed by atoms with Gasteiger partial charge in [-0.1, -0.05) is 42.5 Å². The largest absolute Gasteiger partial charge is 0.279 e. The molecule has 0 atom stereocenters. The van der Waals surface area contributed by atoms with Crippen LogP contribution in [0, 0.1) is 13.8 Å². The van der Waals surface area contributed by atoms with Crippen molar-refractivity contribution in [3.8, 4) is 11.1 Å². The lowest BCUT2D eigenvalue weighted by Gasteiger charge is -2.13. The van der Waals surface area contributed by atoms with E-state index in [4.69, 9.17) is 0 Å². The Labute approximate surface area is 148 Å². The van der Waals surface area contributed by atoms with Crippen molar-refractivity contribution < 1.29 is 8.42 Å². The Hall–Kier alpha value is -2.59. The van der Waals surface area contributed by atoms with Crippen LogP contribution in [0.1, 0.15) is 22.3 Å². The summed E-state index contributed by atoms with van der Waals surface area (Å²) in [5.41, 5.74) is 7.26. The van der Waals surface area contributed by atoms with Crippen LogP contribution in [-0.4, -0.2) is 8.42 Å². The highest BCUT2D eigenvalue weighted by atomic mass is 32.2. The van der Waals surface area contributed by atoms with Crippen LogP contribution < -0.4 is 4.72 Å². The SMILES string of the molecule is Cc1cccc(NS(=O)(=O)c2ccc3c(c2)Cc2ccccc2-3)c1C. The number of nitrogens with one attached hydrogen (secondary N) is 1. The molecule has 0 spiro atoms. The Kier molecular flexibility index (Phi) is 3.65. The lowest BCUT2D eigenvalue weighted by atomic mass is 10.1. The molecule has 0 saturated heterocycles. The molecule has 25 heavy (non-hydrogen) atoms. The molecule has 3 aromatic carbocycles. The van der Waals surface area contributed by atoms with Crippen molar-refractivity contribution >= 4 is 15.7 Å². The van der Waals surface area contributed by atoms with Crippen molar-refractivity contribution in [1.29, 1.82) is 0 Å². The molecule has 0 amide bonds. The highest BCUT2D eigenvalue weighted by Crippen LogP contribution is 2.37. The number of rotatable bonds is 3. The molecule has 0 fully saturated rings. The van der Waals surface area contributed by atoms with E-state index in [-0.39, 0.29) is 0 Å². The quantitative estimate of drug-likeness (QED) is 0.584. The summed E-state index contributed by atoms with van der Waals surface area (Å²) < 4.78 is 28.4. The fourth-order valence-corrected chi connectivity index (χ4v) is 4.53. The van der Waals surface area contributed by atoms with E-state index in [1.54, 1.807) is 18.2 Å². The molecule has 1 aliphatic rings. The van der Waals surface area contributed by atoms with Gasteiger partial charge in [-0.2, -0.15) is 0 Å². The minimum absolute atomic E-state index is 0.306. The van der Waals surface area contributed by atoms with Gasteiger partial charge < -0.3 is 0 Å². The summed E-state index contributed by atoms with van der Waals surface area (Å²) in [6.07, 6.45) is 0.776. The lowest BCUT2D eigenvalue weighted by molar-refractivity contribution is 0.601. The summed E-state index contributed by atoms with van der Waals surface area (Å²) in [7, 11) is -3.61. The van der Waals surface area contributed by atoms with Gasteiger partial charge in [0.2, 0.25) is 0 Å². The number of benzene rings is 3. The minimum atomic E-state index is -3.61. The van der Waals surface area contributed by atoms with Crippen molar-refractivity contribution in [1.82, 2.24) is 0 Å². The Bertz CT molecular complexity index is 1080. The van der Waals surface area contributed by atoms with Crippen LogP contribution in [0.4, 0.5) is 5.69 Å². The maximum Gasteiger partial charge on any atom is 0.261 e. The van der Waals surface area contributed by atoms with E-state index in [0.29, 0.717) is 10.6 Å². The summed E-state index contributed by atoms with van der Waals surface area (Å²) in [5.74, 6) is 0. The first-order valence-corrected chi connectivity index (χ1v) is 9.74. The number of fused-ring (bicyclic) bond motifs is 3. The highest BCUT2D eigenvalue weighted by Gasteiger charge is 2.22. The molecule has 0 aliphatic heterocycles. The van der Waals surface area contributed by atoms with Gasteiger partial charge in [0, 0.05) is 0 Å². The molecular weight excluding hydrogens is 330 g/mol. The normalized spacial score (nSPS) is 12.6. The van der Waals surface area contributed by atoms with Gasteiger partial charge in [0.1, 0.15) is 0 Å². The molecular formula is C21H19NO2S. The van der Waals surface area contributed by atoms with Crippen molar-refractivity contribution in [3.05, 3.63) is 82.9 Å². The first-order chi connectivity index (χ1) is 12.0. The molecule has 4 rings (SSSR count). The molecule has 0 saturated carbocycles. The molecule has 1 N–H and O–H groups in total. The Balaban J connectivity index is 1.71. The standard InChI is InChI=1S/C21H19NO2S/c1-14-6-5-9-21(15(14)2)22-25(23,24)18-10-11-20-17(13-18)12-16-7-3-4-8-19(16)20/h3-11,13,22H,12H2,1-2H3. The van der Waals surface area contributed by atoms with E-state index in [1.807, 2.05) is 44.2 Å². The molecule has 4 heteroatoms. The Morgan fingerprint density at radius 3 is 2.44 bits per heavy atom. The van der Waals surface area contributed by atoms with Crippen LogP contribution in [0.3, 0.4) is 0 Å². The highest BCUT2D eigenvalue weighted by molar-refractivity contribution is 7.92. The van der Waals surface area contributed by atoms with Crippen molar-refractivity contribution in [2.75, 3.05) is 4.72 Å². The first kappa shape index (κ1) is 15.9. The number of aryl methyl sites for hydroxylation is 1. The van der Waals surface area contributed by atoms with Gasteiger partial charge >= 0.3 is 0 Å². The molecule has 3 aromatic rings. The molecule has 0 radical (unpaired) electrons. The molecule has 0 unspecified atom stereocenters. The Morgan fingerprint density at radius 1 is 0.840 bits per heavy atom. The number of sulfonamides is 1. The van der Waals surface area contributed by atoms with E-state index in [1.165, 1.54) is 11.1 Å². The Morgan fingerprint density at radius 2 is 1.60 bits per heavy atom. The number of hydrogen-bond acceptors (Lipinski definition) is 2. The van der Waals surface area contributed by atoms with Crippen molar-refractivity contribution in [2.45, 2.75) is 25.2 Å². The molecule has 1 aliphatic carbocycles. The fraction of sp³-hybridized carbons (Fsp3) is 0.143. The van der Waals surface area contributed by atoms with E-state index < -0.39 is 10.0 Å². The zero-order valence-corrected chi connectivity index (χ0v) is 15.0. The van der Waals surface area contributed by atoms with E-state index in [9.17, 15) is 8.42 Å². The third-order valence-electron chi connectivity index (χ3n) is 4.92. The van der Waals surface area contributed by atoms with Gasteiger partial charge in [-0.3, -0.25) is 4.72 Å². The predicted molar refractivity (Wildman–Crippen MR) is 101 cm³/mol. The van der Waals surface area contributed by atoms with Crippen LogP contribution in [0.25, 0.3) is 11.1 Å². The zero-order valence-electron chi connectivity index (χ0n) is 14.2. The third-order valence-corrected chi connectivity index (χ3v) is 6.29. The van der Waals surface area contributed by atoms with Crippen LogP contribution in [0.15, 0.2) is 65.6 Å². The van der Waals surface area contributed by atoms with Crippen LogP contribution in [-0.2, 0) is 16.4 Å². The molecule has 0 bridgehead atoms. The summed E-state index contributed by atoms with van der Waals surface area (Å²) in [6, 6.07) is 19.2. The van der Waals surface area contributed by atoms with Gasteiger partial charge in [0.15, 0.2) is 0 Å². The number of hydrogen-bond donors (Lipinski definition) is 1. The average Bonchev–Trinajstić information content (AvgIpc) is 2.96. The fourth-order valence-electron chi connectivity index (χ4n) is 3.35. The maximum atomic E-state index is 12.8. The summed E-state index contributed by atoms with van der Waals surface area (Å²) in [6.45, 7) is 3.90. The second-order valence-electron chi connectivity index (χ2n) is 6.51. The third kappa shape index (κ3) is 2.72. The second-order valence-corrected chi connectivity index (χ2v) is 8.19. The first-order valence-electron chi connectivity index (χ1n) is 8.26. The topological polar surface area (TPSA) is 46.2 Å². The summed E-state index contributed by atoms with van der Waals surface area (Å²) >= 11 is 0. The zero-order chi connectivity index (χ0) is 17.6. The van der Waals surface area contributed by atoms with E-state index in [0.717, 1.165) is 28.7 Å². The van der Waals surface area contributed by atoms with Gasteiger partial charge in [-0.15, -0.1) is 0 Å². The molecule has 3 nitrogen and oxygen atoms in total. The maximum absolute atomic E-state index is 12.8.